The fourth-order valence-electron chi connectivity index (χ4n) is 3.24. The van der Waals surface area contributed by atoms with E-state index < -0.39 is 24.1 Å². The second-order valence-corrected chi connectivity index (χ2v) is 7.81. The maximum atomic E-state index is 14.4. The zero-order chi connectivity index (χ0) is 23.1. The van der Waals surface area contributed by atoms with Crippen molar-refractivity contribution in [2.45, 2.75) is 19.3 Å². The van der Waals surface area contributed by atoms with Gasteiger partial charge in [0.05, 0.1) is 18.5 Å². The smallest absolute Gasteiger partial charge is 0.456 e. The number of aliphatic imine (C=N–C) groups is 2. The first-order valence-electron chi connectivity index (χ1n) is 10.2. The molecule has 0 fully saturated rings. The summed E-state index contributed by atoms with van der Waals surface area (Å²) in [5.41, 5.74) is 1.02. The molecule has 0 aromatic heterocycles. The van der Waals surface area contributed by atoms with E-state index in [2.05, 4.69) is 15.3 Å². The monoisotopic (exact) mass is 463 g/mol. The summed E-state index contributed by atoms with van der Waals surface area (Å²) in [6.07, 6.45) is 6.14. The minimum atomic E-state index is -3.50. The van der Waals surface area contributed by atoms with E-state index in [1.807, 2.05) is 24.3 Å². The number of hydrogen-bond donors (Lipinski definition) is 1. The molecule has 0 unspecified atom stereocenters. The van der Waals surface area contributed by atoms with Gasteiger partial charge in [-0.1, -0.05) is 35.9 Å². The van der Waals surface area contributed by atoms with Gasteiger partial charge in [-0.25, -0.2) is 9.79 Å². The largest absolute Gasteiger partial charge is 0.758 e. The lowest BCUT2D eigenvalue weighted by Gasteiger charge is -2.37. The highest BCUT2D eigenvalue weighted by atomic mass is 35.5. The molecule has 1 aromatic rings. The first-order valence-corrected chi connectivity index (χ1v) is 10.5. The van der Waals surface area contributed by atoms with E-state index in [1.54, 1.807) is 6.92 Å². The molecule has 0 saturated heterocycles. The van der Waals surface area contributed by atoms with Crippen LogP contribution in [0.4, 0.5) is 8.78 Å². The van der Waals surface area contributed by atoms with Crippen molar-refractivity contribution in [1.82, 2.24) is 10.4 Å². The Hall–Kier alpha value is -2.75. The Morgan fingerprint density at radius 3 is 2.94 bits per heavy atom. The third-order valence-electron chi connectivity index (χ3n) is 4.96. The van der Waals surface area contributed by atoms with Crippen molar-refractivity contribution in [1.29, 1.82) is 0 Å². The molecular formula is C22H24ClF2N5O2. The molecule has 170 valence electrons. The Bertz CT molecular complexity index is 1020. The highest BCUT2D eigenvalue weighted by molar-refractivity contribution is 6.44. The average molecular weight is 464 g/mol. The van der Waals surface area contributed by atoms with Gasteiger partial charge in [-0.3, -0.25) is 4.99 Å². The fraction of sp³-hybridized carbons (Fsp3) is 0.364. The van der Waals surface area contributed by atoms with Crippen molar-refractivity contribution in [2.75, 3.05) is 32.7 Å². The topological polar surface area (TPSA) is 83.1 Å². The molecular weight excluding hydrogens is 440 g/mol. The number of carbonyl (C=O) groups excluding carboxylic acids is 1. The summed E-state index contributed by atoms with van der Waals surface area (Å²) in [5, 5.41) is 15.8. The predicted octanol–water partition coefficient (Wildman–Crippen LogP) is 2.84. The van der Waals surface area contributed by atoms with Gasteiger partial charge in [-0.05, 0) is 36.7 Å². The standard InChI is InChI=1S/C22H24ClF2N5O2/c1-16-14-27-20(28-15-22(24,25)19-7-2-3-11-30(19)32)21(31)29(16)12-10-26-9-8-17-5-4-6-18(23)13-17/h2-7,13-14,26H,8-12,15H2,1H3. The molecule has 1 N–H and O–H groups in total. The molecule has 0 bridgehead atoms. The van der Waals surface area contributed by atoms with Gasteiger partial charge in [0.25, 0.3) is 5.84 Å². The van der Waals surface area contributed by atoms with E-state index in [9.17, 15) is 18.8 Å². The third-order valence-corrected chi connectivity index (χ3v) is 5.19. The summed E-state index contributed by atoms with van der Waals surface area (Å²) >= 11 is 5.98. The molecule has 2 heterocycles. The zero-order valence-electron chi connectivity index (χ0n) is 17.6. The second-order valence-electron chi connectivity index (χ2n) is 7.37. The summed E-state index contributed by atoms with van der Waals surface area (Å²) < 4.78 is 30.3. The molecule has 32 heavy (non-hydrogen) atoms. The van der Waals surface area contributed by atoms with Gasteiger partial charge < -0.3 is 15.6 Å². The number of nitrogens with zero attached hydrogens (tertiary/aromatic N) is 4. The van der Waals surface area contributed by atoms with Gasteiger partial charge in [-0.2, -0.15) is 13.4 Å². The van der Waals surface area contributed by atoms with E-state index in [0.29, 0.717) is 30.4 Å². The normalized spacial score (nSPS) is 18.0. The Labute approximate surface area is 190 Å². The van der Waals surface area contributed by atoms with E-state index in [1.165, 1.54) is 22.9 Å². The minimum absolute atomic E-state index is 0.151. The molecule has 7 nitrogen and oxygen atoms in total. The molecule has 0 atom stereocenters. The molecule has 1 aromatic carbocycles. The van der Waals surface area contributed by atoms with Crippen molar-refractivity contribution in [3.63, 3.8) is 0 Å². The molecule has 1 amide bonds. The fourth-order valence-corrected chi connectivity index (χ4v) is 3.46. The Morgan fingerprint density at radius 2 is 2.19 bits per heavy atom. The summed E-state index contributed by atoms with van der Waals surface area (Å²) in [5.74, 6) is -4.36. The number of alkyl halides is 2. The molecule has 2 aliphatic heterocycles. The summed E-state index contributed by atoms with van der Waals surface area (Å²) in [4.78, 5) is 20.3. The van der Waals surface area contributed by atoms with Crippen LogP contribution in [0.15, 0.2) is 58.2 Å². The summed E-state index contributed by atoms with van der Waals surface area (Å²) in [6, 6.07) is 7.59. The Kier molecular flexibility index (Phi) is 8.00. The van der Waals surface area contributed by atoms with Gasteiger partial charge >= 0.3 is 11.8 Å². The Balaban J connectivity index is 1.54. The SMILES string of the molecule is CC1=[N+](CCNCCc2cccc(Cl)c2)C(=O)C(=NCC(F)(F)C2=CC=CCN2[O-])N=C1. The van der Waals surface area contributed by atoms with Crippen molar-refractivity contribution >= 4 is 35.3 Å². The number of halogens is 3. The lowest BCUT2D eigenvalue weighted by atomic mass is 10.1. The average Bonchev–Trinajstić information content (AvgIpc) is 2.75. The summed E-state index contributed by atoms with van der Waals surface area (Å²) in [6.45, 7) is 2.07. The van der Waals surface area contributed by atoms with Crippen molar-refractivity contribution in [2.24, 2.45) is 9.98 Å². The number of amidine groups is 1. The summed E-state index contributed by atoms with van der Waals surface area (Å²) in [7, 11) is 0. The van der Waals surface area contributed by atoms with Gasteiger partial charge in [0, 0.05) is 18.5 Å². The zero-order valence-corrected chi connectivity index (χ0v) is 18.4. The molecule has 2 aliphatic rings. The van der Waals surface area contributed by atoms with Gasteiger partial charge in [0.15, 0.2) is 12.3 Å². The van der Waals surface area contributed by atoms with Crippen LogP contribution in [0.3, 0.4) is 0 Å². The number of rotatable bonds is 9. The highest BCUT2D eigenvalue weighted by Crippen LogP contribution is 2.28. The third kappa shape index (κ3) is 6.15. The van der Waals surface area contributed by atoms with Crippen LogP contribution >= 0.6 is 11.6 Å². The number of hydrogen-bond acceptors (Lipinski definition) is 5. The van der Waals surface area contributed by atoms with Crippen LogP contribution in [-0.2, 0) is 11.2 Å². The maximum Gasteiger partial charge on any atom is 0.456 e. The van der Waals surface area contributed by atoms with Crippen molar-refractivity contribution in [3.8, 4) is 0 Å². The van der Waals surface area contributed by atoms with E-state index >= 15 is 0 Å². The van der Waals surface area contributed by atoms with Crippen molar-refractivity contribution < 1.29 is 18.2 Å². The van der Waals surface area contributed by atoms with E-state index in [0.717, 1.165) is 18.1 Å². The van der Waals surface area contributed by atoms with Gasteiger partial charge in [0.1, 0.15) is 6.54 Å². The quantitative estimate of drug-likeness (QED) is 0.451. The second kappa shape index (κ2) is 10.7. The lowest BCUT2D eigenvalue weighted by Crippen LogP contribution is -2.41. The van der Waals surface area contributed by atoms with Crippen LogP contribution in [0.1, 0.15) is 12.5 Å². The number of benzene rings is 1. The highest BCUT2D eigenvalue weighted by Gasteiger charge is 2.37. The van der Waals surface area contributed by atoms with E-state index in [-0.39, 0.29) is 17.4 Å². The van der Waals surface area contributed by atoms with Crippen LogP contribution in [0.2, 0.25) is 5.02 Å². The van der Waals surface area contributed by atoms with Crippen LogP contribution < -0.4 is 5.32 Å². The number of hydroxylamine groups is 2. The van der Waals surface area contributed by atoms with Crippen molar-refractivity contribution in [3.05, 3.63) is 64.0 Å². The van der Waals surface area contributed by atoms with Gasteiger partial charge in [-0.15, -0.1) is 0 Å². The van der Waals surface area contributed by atoms with Crippen LogP contribution in [0.25, 0.3) is 0 Å². The van der Waals surface area contributed by atoms with E-state index in [4.69, 9.17) is 11.6 Å². The maximum absolute atomic E-state index is 14.4. The molecule has 0 spiro atoms. The minimum Gasteiger partial charge on any atom is -0.758 e. The molecule has 10 heteroatoms. The van der Waals surface area contributed by atoms with Crippen LogP contribution in [-0.4, -0.2) is 72.0 Å². The number of nitrogens with one attached hydrogen (secondary N) is 1. The molecule has 0 aliphatic carbocycles. The first kappa shape index (κ1) is 23.9. The van der Waals surface area contributed by atoms with Crippen LogP contribution in [0, 0.1) is 5.21 Å². The lowest BCUT2D eigenvalue weighted by molar-refractivity contribution is -0.438. The van der Waals surface area contributed by atoms with Crippen LogP contribution in [0.5, 0.6) is 0 Å². The van der Waals surface area contributed by atoms with Gasteiger partial charge in [0.2, 0.25) is 0 Å². The number of amides is 1. The molecule has 0 saturated carbocycles. The Morgan fingerprint density at radius 1 is 1.38 bits per heavy atom. The molecule has 3 rings (SSSR count). The molecule has 0 radical (unpaired) electrons. The predicted molar refractivity (Wildman–Crippen MR) is 122 cm³/mol. The number of carbonyl (C=O) groups is 1. The first-order chi connectivity index (χ1) is 15.3. The number of allylic oxidation sites excluding steroid dienone is 2.